The molecule has 25 heavy (non-hydrogen) atoms. The van der Waals surface area contributed by atoms with Gasteiger partial charge in [0.2, 0.25) is 0 Å². The van der Waals surface area contributed by atoms with Gasteiger partial charge in [-0.2, -0.15) is 5.26 Å². The monoisotopic (exact) mass is 558 g/mol. The number of benzene rings is 2. The maximum absolute atomic E-state index is 12.3. The number of rotatable bonds is 6. The molecule has 0 aromatic heterocycles. The first kappa shape index (κ1) is 19.7. The molecule has 0 aliphatic rings. The molecule has 2 rings (SSSR count). The first-order valence-corrected chi connectivity index (χ1v) is 9.76. The molecule has 0 fully saturated rings. The van der Waals surface area contributed by atoms with Crippen molar-refractivity contribution < 1.29 is 9.53 Å². The summed E-state index contributed by atoms with van der Waals surface area (Å²) < 4.78 is 7.50. The zero-order valence-electron chi connectivity index (χ0n) is 13.6. The number of amides is 1. The van der Waals surface area contributed by atoms with Gasteiger partial charge in [-0.15, -0.1) is 0 Å². The largest absolute Gasteiger partial charge is 0.492 e. The normalized spacial score (nSPS) is 10.9. The molecule has 0 unspecified atom stereocenters. The molecular formula is C19H16I2N2O2. The Bertz CT molecular complexity index is 804. The van der Waals surface area contributed by atoms with Crippen LogP contribution in [-0.4, -0.2) is 12.5 Å². The standard InChI is InChI=1S/C19H16I2N2O2/c1-2-25-18-16(20)9-14(10-17(18)21)8-15(11-22)19(24)23-12-13-6-4-3-5-7-13/h3-10H,2,12H2,1H3,(H,23,24)/b15-8-. The summed E-state index contributed by atoms with van der Waals surface area (Å²) in [5.74, 6) is 0.443. The lowest BCUT2D eigenvalue weighted by Crippen LogP contribution is -2.23. The van der Waals surface area contributed by atoms with Gasteiger partial charge >= 0.3 is 0 Å². The van der Waals surface area contributed by atoms with E-state index in [-0.39, 0.29) is 11.5 Å². The van der Waals surface area contributed by atoms with Crippen molar-refractivity contribution in [2.75, 3.05) is 6.61 Å². The number of hydrogen-bond donors (Lipinski definition) is 1. The van der Waals surface area contributed by atoms with Crippen molar-refractivity contribution in [3.63, 3.8) is 0 Å². The van der Waals surface area contributed by atoms with E-state index >= 15 is 0 Å². The summed E-state index contributed by atoms with van der Waals surface area (Å²) in [6.07, 6.45) is 1.60. The average molecular weight is 558 g/mol. The van der Waals surface area contributed by atoms with Gasteiger partial charge in [-0.05, 0) is 81.4 Å². The highest BCUT2D eigenvalue weighted by atomic mass is 127. The Balaban J connectivity index is 2.16. The number of ether oxygens (including phenoxy) is 1. The third kappa shape index (κ3) is 5.71. The minimum Gasteiger partial charge on any atom is -0.492 e. The zero-order chi connectivity index (χ0) is 18.2. The molecule has 0 saturated heterocycles. The van der Waals surface area contributed by atoms with Crippen LogP contribution in [0.1, 0.15) is 18.1 Å². The molecule has 0 saturated carbocycles. The van der Waals surface area contributed by atoms with Crippen LogP contribution in [0, 0.1) is 18.5 Å². The molecule has 0 radical (unpaired) electrons. The average Bonchev–Trinajstić information content (AvgIpc) is 2.61. The topological polar surface area (TPSA) is 62.1 Å². The van der Waals surface area contributed by atoms with Crippen LogP contribution in [-0.2, 0) is 11.3 Å². The third-order valence-electron chi connectivity index (χ3n) is 3.28. The van der Waals surface area contributed by atoms with Crippen molar-refractivity contribution >= 4 is 57.2 Å². The van der Waals surface area contributed by atoms with E-state index < -0.39 is 0 Å². The fraction of sp³-hybridized carbons (Fsp3) is 0.158. The van der Waals surface area contributed by atoms with Gasteiger partial charge in [-0.25, -0.2) is 0 Å². The Hall–Kier alpha value is -1.60. The van der Waals surface area contributed by atoms with E-state index in [9.17, 15) is 10.1 Å². The van der Waals surface area contributed by atoms with E-state index in [1.807, 2.05) is 55.5 Å². The molecule has 0 aliphatic heterocycles. The summed E-state index contributed by atoms with van der Waals surface area (Å²) in [4.78, 5) is 12.3. The van der Waals surface area contributed by atoms with Crippen LogP contribution < -0.4 is 10.1 Å². The molecule has 1 amide bonds. The molecule has 2 aromatic rings. The van der Waals surface area contributed by atoms with Gasteiger partial charge in [0, 0.05) is 6.54 Å². The summed E-state index contributed by atoms with van der Waals surface area (Å²) in [6, 6.07) is 15.4. The number of carbonyl (C=O) groups excluding carboxylic acids is 1. The SMILES string of the molecule is CCOc1c(I)cc(/C=C(/C#N)C(=O)NCc2ccccc2)cc1I. The second kappa shape index (κ2) is 9.77. The lowest BCUT2D eigenvalue weighted by Gasteiger charge is -2.10. The van der Waals surface area contributed by atoms with E-state index in [0.29, 0.717) is 13.2 Å². The molecule has 0 heterocycles. The molecule has 0 bridgehead atoms. The maximum atomic E-state index is 12.3. The summed E-state index contributed by atoms with van der Waals surface area (Å²) in [5, 5.41) is 12.1. The van der Waals surface area contributed by atoms with Crippen LogP contribution in [0.5, 0.6) is 5.75 Å². The van der Waals surface area contributed by atoms with Gasteiger partial charge in [0.25, 0.3) is 5.91 Å². The van der Waals surface area contributed by atoms with Crippen LogP contribution in [0.3, 0.4) is 0 Å². The van der Waals surface area contributed by atoms with Crippen LogP contribution in [0.4, 0.5) is 0 Å². The van der Waals surface area contributed by atoms with Crippen LogP contribution >= 0.6 is 45.2 Å². The first-order valence-electron chi connectivity index (χ1n) is 7.61. The number of halogens is 2. The molecule has 0 aliphatic carbocycles. The molecule has 0 spiro atoms. The molecule has 4 nitrogen and oxygen atoms in total. The smallest absolute Gasteiger partial charge is 0.262 e. The third-order valence-corrected chi connectivity index (χ3v) is 4.88. The Morgan fingerprint density at radius 3 is 2.44 bits per heavy atom. The lowest BCUT2D eigenvalue weighted by molar-refractivity contribution is -0.117. The Kier molecular flexibility index (Phi) is 7.71. The summed E-state index contributed by atoms with van der Waals surface area (Å²) in [6.45, 7) is 2.91. The highest BCUT2D eigenvalue weighted by molar-refractivity contribution is 14.1. The minimum atomic E-state index is -0.384. The summed E-state index contributed by atoms with van der Waals surface area (Å²) in [5.41, 5.74) is 1.86. The fourth-order valence-corrected chi connectivity index (χ4v) is 4.26. The van der Waals surface area contributed by atoms with Crippen LogP contribution in [0.25, 0.3) is 6.08 Å². The highest BCUT2D eigenvalue weighted by Crippen LogP contribution is 2.29. The molecule has 128 valence electrons. The van der Waals surface area contributed by atoms with Gasteiger partial charge in [0.15, 0.2) is 0 Å². The number of hydrogen-bond acceptors (Lipinski definition) is 3. The van der Waals surface area contributed by atoms with E-state index in [1.54, 1.807) is 6.08 Å². The van der Waals surface area contributed by atoms with Gasteiger partial charge in [0.1, 0.15) is 17.4 Å². The minimum absolute atomic E-state index is 0.0756. The van der Waals surface area contributed by atoms with Crippen molar-refractivity contribution in [1.29, 1.82) is 5.26 Å². The number of nitrogens with zero attached hydrogens (tertiary/aromatic N) is 1. The van der Waals surface area contributed by atoms with Crippen LogP contribution in [0.15, 0.2) is 48.0 Å². The molecular weight excluding hydrogens is 542 g/mol. The van der Waals surface area contributed by atoms with Crippen molar-refractivity contribution in [2.24, 2.45) is 0 Å². The summed E-state index contributed by atoms with van der Waals surface area (Å²) in [7, 11) is 0. The summed E-state index contributed by atoms with van der Waals surface area (Å²) >= 11 is 4.39. The maximum Gasteiger partial charge on any atom is 0.262 e. The van der Waals surface area contributed by atoms with E-state index in [0.717, 1.165) is 24.0 Å². The van der Waals surface area contributed by atoms with Gasteiger partial charge in [0.05, 0.1) is 13.7 Å². The van der Waals surface area contributed by atoms with Crippen LogP contribution in [0.2, 0.25) is 0 Å². The number of nitriles is 1. The van der Waals surface area contributed by atoms with E-state index in [2.05, 4.69) is 50.5 Å². The van der Waals surface area contributed by atoms with Gasteiger partial charge in [-0.1, -0.05) is 30.3 Å². The lowest BCUT2D eigenvalue weighted by atomic mass is 10.1. The van der Waals surface area contributed by atoms with E-state index in [1.165, 1.54) is 0 Å². The van der Waals surface area contributed by atoms with Crippen molar-refractivity contribution in [1.82, 2.24) is 5.32 Å². The fourth-order valence-electron chi connectivity index (χ4n) is 2.13. The zero-order valence-corrected chi connectivity index (χ0v) is 17.9. The number of nitrogens with one attached hydrogen (secondary N) is 1. The van der Waals surface area contributed by atoms with Crippen molar-refractivity contribution in [3.8, 4) is 11.8 Å². The predicted molar refractivity (Wildman–Crippen MR) is 115 cm³/mol. The molecule has 6 heteroatoms. The Morgan fingerprint density at radius 2 is 1.88 bits per heavy atom. The second-order valence-electron chi connectivity index (χ2n) is 5.08. The van der Waals surface area contributed by atoms with Gasteiger partial charge < -0.3 is 10.1 Å². The molecule has 1 N–H and O–H groups in total. The van der Waals surface area contributed by atoms with Crippen molar-refractivity contribution in [2.45, 2.75) is 13.5 Å². The molecule has 0 atom stereocenters. The van der Waals surface area contributed by atoms with Crippen molar-refractivity contribution in [3.05, 3.63) is 66.3 Å². The Labute approximate surface area is 174 Å². The quantitative estimate of drug-likeness (QED) is 0.323. The molecule has 2 aromatic carbocycles. The van der Waals surface area contributed by atoms with E-state index in [4.69, 9.17) is 4.74 Å². The second-order valence-corrected chi connectivity index (χ2v) is 7.41. The van der Waals surface area contributed by atoms with Gasteiger partial charge in [-0.3, -0.25) is 4.79 Å². The Morgan fingerprint density at radius 1 is 1.24 bits per heavy atom. The highest BCUT2D eigenvalue weighted by Gasteiger charge is 2.11. The number of carbonyl (C=O) groups is 1. The first-order chi connectivity index (χ1) is 12.0. The predicted octanol–water partition coefficient (Wildman–Crippen LogP) is 4.52.